The maximum absolute atomic E-state index is 12.7. The van der Waals surface area contributed by atoms with Crippen molar-refractivity contribution in [2.75, 3.05) is 16.0 Å². The predicted molar refractivity (Wildman–Crippen MR) is 138 cm³/mol. The average molecular weight is 459 g/mol. The van der Waals surface area contributed by atoms with Crippen LogP contribution in [0, 0.1) is 0 Å². The molecule has 0 aromatic heterocycles. The summed E-state index contributed by atoms with van der Waals surface area (Å²) in [6, 6.07) is 26.1. The quantitative estimate of drug-likeness (QED) is 0.469. The predicted octanol–water partition coefficient (Wildman–Crippen LogP) is 6.33. The fourth-order valence-corrected chi connectivity index (χ4v) is 5.11. The van der Waals surface area contributed by atoms with Gasteiger partial charge in [0, 0.05) is 17.8 Å². The minimum absolute atomic E-state index is 0.00223. The van der Waals surface area contributed by atoms with Crippen LogP contribution in [0.1, 0.15) is 49.3 Å². The highest BCUT2D eigenvalue weighted by atomic mass is 32.2. The largest absolute Gasteiger partial charge is 0.326 e. The number of carbonyl (C=O) groups excluding carboxylic acids is 2. The Hall–Kier alpha value is -3.05. The molecule has 2 amide bonds. The smallest absolute Gasteiger partial charge is 0.238 e. The summed E-state index contributed by atoms with van der Waals surface area (Å²) in [7, 11) is 0. The van der Waals surface area contributed by atoms with Crippen LogP contribution in [0.25, 0.3) is 0 Å². The molecule has 1 aliphatic heterocycles. The Morgan fingerprint density at radius 3 is 2.27 bits per heavy atom. The van der Waals surface area contributed by atoms with Gasteiger partial charge in [-0.15, -0.1) is 11.8 Å². The molecule has 3 aromatic carbocycles. The Balaban J connectivity index is 1.42. The van der Waals surface area contributed by atoms with E-state index in [0.29, 0.717) is 18.6 Å². The second-order valence-corrected chi connectivity index (χ2v) is 10.4. The van der Waals surface area contributed by atoms with E-state index < -0.39 is 0 Å². The fourth-order valence-electron chi connectivity index (χ4n) is 3.93. The van der Waals surface area contributed by atoms with E-state index in [1.54, 1.807) is 11.8 Å². The lowest BCUT2D eigenvalue weighted by molar-refractivity contribution is -0.116. The van der Waals surface area contributed by atoms with Crippen LogP contribution in [-0.2, 0) is 21.4 Å². The van der Waals surface area contributed by atoms with Crippen LogP contribution in [0.15, 0.2) is 78.9 Å². The van der Waals surface area contributed by atoms with Gasteiger partial charge in [-0.3, -0.25) is 14.5 Å². The molecule has 1 N–H and O–H groups in total. The van der Waals surface area contributed by atoms with Crippen molar-refractivity contribution in [2.45, 2.75) is 44.4 Å². The molecule has 4 rings (SSSR count). The number of anilines is 2. The minimum atomic E-state index is -0.0687. The number of nitrogens with one attached hydrogen (secondary N) is 1. The summed E-state index contributed by atoms with van der Waals surface area (Å²) in [6.45, 7) is 6.55. The van der Waals surface area contributed by atoms with Gasteiger partial charge in [0.25, 0.3) is 0 Å². The molecule has 170 valence electrons. The van der Waals surface area contributed by atoms with Crippen LogP contribution in [-0.4, -0.2) is 17.6 Å². The highest BCUT2D eigenvalue weighted by molar-refractivity contribution is 8.00. The Morgan fingerprint density at radius 2 is 1.64 bits per heavy atom. The van der Waals surface area contributed by atoms with E-state index >= 15 is 0 Å². The summed E-state index contributed by atoms with van der Waals surface area (Å²) >= 11 is 1.63. The first-order chi connectivity index (χ1) is 15.8. The van der Waals surface area contributed by atoms with Gasteiger partial charge in [0.15, 0.2) is 0 Å². The number of aryl methyl sites for hydroxylation is 1. The van der Waals surface area contributed by atoms with Gasteiger partial charge in [0.2, 0.25) is 11.8 Å². The number of amides is 2. The molecule has 0 saturated carbocycles. The lowest BCUT2D eigenvalue weighted by Crippen LogP contribution is -2.28. The zero-order valence-corrected chi connectivity index (χ0v) is 20.2. The molecule has 3 aromatic rings. The molecule has 0 bridgehead atoms. The van der Waals surface area contributed by atoms with E-state index in [-0.39, 0.29) is 22.6 Å². The molecule has 1 saturated heterocycles. The van der Waals surface area contributed by atoms with Crippen LogP contribution >= 0.6 is 11.8 Å². The van der Waals surface area contributed by atoms with Crippen molar-refractivity contribution in [1.29, 1.82) is 0 Å². The number of rotatable bonds is 6. The lowest BCUT2D eigenvalue weighted by Gasteiger charge is -2.26. The van der Waals surface area contributed by atoms with E-state index in [1.165, 1.54) is 5.56 Å². The number of carbonyl (C=O) groups is 2. The van der Waals surface area contributed by atoms with Crippen LogP contribution < -0.4 is 10.2 Å². The molecule has 4 nitrogen and oxygen atoms in total. The number of hydrogen-bond acceptors (Lipinski definition) is 3. The molecule has 0 spiro atoms. The van der Waals surface area contributed by atoms with Gasteiger partial charge in [-0.25, -0.2) is 0 Å². The summed E-state index contributed by atoms with van der Waals surface area (Å²) in [4.78, 5) is 26.9. The first kappa shape index (κ1) is 23.1. The average Bonchev–Trinajstić information content (AvgIpc) is 3.20. The number of thioether (sulfide) groups is 1. The van der Waals surface area contributed by atoms with E-state index in [9.17, 15) is 9.59 Å². The molecule has 5 heteroatoms. The van der Waals surface area contributed by atoms with E-state index in [4.69, 9.17) is 0 Å². The Morgan fingerprint density at radius 1 is 0.970 bits per heavy atom. The van der Waals surface area contributed by atoms with Gasteiger partial charge in [-0.2, -0.15) is 0 Å². The van der Waals surface area contributed by atoms with Gasteiger partial charge in [-0.05, 0) is 52.8 Å². The van der Waals surface area contributed by atoms with Crippen LogP contribution in [0.5, 0.6) is 0 Å². The third-order valence-electron chi connectivity index (χ3n) is 5.84. The fraction of sp³-hybridized carbons (Fsp3) is 0.286. The Bertz CT molecular complexity index is 1100. The van der Waals surface area contributed by atoms with Gasteiger partial charge in [0.1, 0.15) is 5.37 Å². The van der Waals surface area contributed by atoms with Gasteiger partial charge in [0.05, 0.1) is 5.75 Å². The molecule has 1 atom stereocenters. The molecular weight excluding hydrogens is 428 g/mol. The third kappa shape index (κ3) is 5.66. The van der Waals surface area contributed by atoms with Crippen molar-refractivity contribution in [1.82, 2.24) is 0 Å². The molecule has 0 aliphatic carbocycles. The number of hydrogen-bond donors (Lipinski definition) is 1. The summed E-state index contributed by atoms with van der Waals surface area (Å²) in [5.74, 6) is 0.577. The second kappa shape index (κ2) is 9.84. The third-order valence-corrected chi connectivity index (χ3v) is 7.05. The highest BCUT2D eigenvalue weighted by Gasteiger charge is 2.34. The number of nitrogens with zero attached hydrogens (tertiary/aromatic N) is 1. The molecule has 1 heterocycles. The summed E-state index contributed by atoms with van der Waals surface area (Å²) in [6.07, 6.45) is 1.16. The maximum atomic E-state index is 12.7. The number of benzene rings is 3. The van der Waals surface area contributed by atoms with E-state index in [0.717, 1.165) is 22.5 Å². The molecule has 33 heavy (non-hydrogen) atoms. The minimum Gasteiger partial charge on any atom is -0.326 e. The van der Waals surface area contributed by atoms with Gasteiger partial charge >= 0.3 is 0 Å². The van der Waals surface area contributed by atoms with Crippen molar-refractivity contribution < 1.29 is 9.59 Å². The van der Waals surface area contributed by atoms with E-state index in [1.807, 2.05) is 71.6 Å². The molecular formula is C28H30N2O2S. The summed E-state index contributed by atoms with van der Waals surface area (Å²) in [5, 5.41) is 2.91. The van der Waals surface area contributed by atoms with Crippen molar-refractivity contribution in [3.05, 3.63) is 95.6 Å². The first-order valence-corrected chi connectivity index (χ1v) is 12.3. The topological polar surface area (TPSA) is 49.4 Å². The molecule has 0 radical (unpaired) electrons. The summed E-state index contributed by atoms with van der Waals surface area (Å²) in [5.41, 5.74) is 5.21. The van der Waals surface area contributed by atoms with E-state index in [2.05, 4.69) is 38.2 Å². The Kier molecular flexibility index (Phi) is 6.89. The Labute approximate surface area is 200 Å². The van der Waals surface area contributed by atoms with Crippen molar-refractivity contribution >= 4 is 35.0 Å². The van der Waals surface area contributed by atoms with Crippen molar-refractivity contribution in [3.8, 4) is 0 Å². The zero-order chi connectivity index (χ0) is 23.4. The van der Waals surface area contributed by atoms with Crippen LogP contribution in [0.3, 0.4) is 0 Å². The monoisotopic (exact) mass is 458 g/mol. The van der Waals surface area contributed by atoms with Gasteiger partial charge < -0.3 is 5.32 Å². The second-order valence-electron chi connectivity index (χ2n) is 9.38. The van der Waals surface area contributed by atoms with Crippen LogP contribution in [0.4, 0.5) is 11.4 Å². The zero-order valence-electron chi connectivity index (χ0n) is 19.4. The molecule has 1 aliphatic rings. The first-order valence-electron chi connectivity index (χ1n) is 11.3. The SMILES string of the molecule is CC(C)(C)c1ccc(N2C(=O)CSC2c2ccc(NC(=O)CCc3ccccc3)cc2)cc1. The van der Waals surface area contributed by atoms with Gasteiger partial charge in [-0.1, -0.05) is 75.4 Å². The normalized spacial score (nSPS) is 16.2. The van der Waals surface area contributed by atoms with Crippen molar-refractivity contribution in [2.24, 2.45) is 0 Å². The standard InChI is InChI=1S/C28H30N2O2S/c1-28(2,3)22-12-16-24(17-13-22)30-26(32)19-33-27(30)21-10-14-23(15-11-21)29-25(31)18-9-20-7-5-4-6-8-20/h4-8,10-17,27H,9,18-19H2,1-3H3,(H,29,31). The van der Waals surface area contributed by atoms with Crippen molar-refractivity contribution in [3.63, 3.8) is 0 Å². The maximum Gasteiger partial charge on any atom is 0.238 e. The van der Waals surface area contributed by atoms with Crippen LogP contribution in [0.2, 0.25) is 0 Å². The molecule has 1 unspecified atom stereocenters. The summed E-state index contributed by atoms with van der Waals surface area (Å²) < 4.78 is 0. The highest BCUT2D eigenvalue weighted by Crippen LogP contribution is 2.42. The molecule has 1 fully saturated rings. The lowest BCUT2D eigenvalue weighted by atomic mass is 9.87.